The minimum atomic E-state index is -0.211. The number of nitrogens with one attached hydrogen (secondary N) is 1. The third kappa shape index (κ3) is 4.95. The van der Waals surface area contributed by atoms with Crippen LogP contribution >= 0.6 is 23.4 Å². The molecule has 0 radical (unpaired) electrons. The zero-order valence-electron chi connectivity index (χ0n) is 16.7. The van der Waals surface area contributed by atoms with E-state index in [-0.39, 0.29) is 17.2 Å². The lowest BCUT2D eigenvalue weighted by Gasteiger charge is -2.13. The molecule has 4 aromatic rings. The molecule has 0 saturated carbocycles. The molecular formula is C23H19ClN4O2S. The summed E-state index contributed by atoms with van der Waals surface area (Å²) in [6.07, 6.45) is 1.60. The van der Waals surface area contributed by atoms with Gasteiger partial charge in [0.05, 0.1) is 17.7 Å². The molecule has 8 heteroatoms. The molecule has 1 amide bonds. The van der Waals surface area contributed by atoms with Gasteiger partial charge in [0.2, 0.25) is 5.91 Å². The molecule has 4 rings (SSSR count). The SMILES string of the molecule is Cc1ccc(Cl)cc1NC(=O)CSc1nc2ncccc2c(=O)n1Cc1ccccc1. The lowest BCUT2D eigenvalue weighted by atomic mass is 10.2. The number of halogens is 1. The number of amides is 1. The third-order valence-corrected chi connectivity index (χ3v) is 5.90. The molecule has 0 fully saturated rings. The van der Waals surface area contributed by atoms with E-state index in [9.17, 15) is 9.59 Å². The second-order valence-electron chi connectivity index (χ2n) is 6.94. The number of fused-ring (bicyclic) bond motifs is 1. The highest BCUT2D eigenvalue weighted by Crippen LogP contribution is 2.22. The van der Waals surface area contributed by atoms with Gasteiger partial charge in [-0.2, -0.15) is 0 Å². The summed E-state index contributed by atoms with van der Waals surface area (Å²) in [5, 5.41) is 4.30. The van der Waals surface area contributed by atoms with E-state index in [1.54, 1.807) is 35.0 Å². The minimum absolute atomic E-state index is 0.0888. The largest absolute Gasteiger partial charge is 0.325 e. The van der Waals surface area contributed by atoms with Crippen LogP contribution in [0.15, 0.2) is 76.8 Å². The Balaban J connectivity index is 1.61. The summed E-state index contributed by atoms with van der Waals surface area (Å²) in [5.41, 5.74) is 2.72. The Morgan fingerprint density at radius 1 is 1.13 bits per heavy atom. The van der Waals surface area contributed by atoms with E-state index in [1.807, 2.05) is 43.3 Å². The molecule has 31 heavy (non-hydrogen) atoms. The van der Waals surface area contributed by atoms with Crippen LogP contribution in [0.25, 0.3) is 11.0 Å². The average Bonchev–Trinajstić information content (AvgIpc) is 2.78. The van der Waals surface area contributed by atoms with Crippen molar-refractivity contribution in [2.24, 2.45) is 0 Å². The van der Waals surface area contributed by atoms with E-state index in [0.717, 1.165) is 11.1 Å². The number of carbonyl (C=O) groups excluding carboxylic acids is 1. The molecular weight excluding hydrogens is 432 g/mol. The molecule has 0 aliphatic rings. The maximum absolute atomic E-state index is 13.1. The molecule has 2 aromatic heterocycles. The van der Waals surface area contributed by atoms with Crippen LogP contribution in [0.2, 0.25) is 5.02 Å². The Bertz CT molecular complexity index is 1310. The van der Waals surface area contributed by atoms with Crippen LogP contribution in [0.1, 0.15) is 11.1 Å². The highest BCUT2D eigenvalue weighted by Gasteiger charge is 2.15. The number of thioether (sulfide) groups is 1. The van der Waals surface area contributed by atoms with Crippen molar-refractivity contribution in [2.75, 3.05) is 11.1 Å². The summed E-state index contributed by atoms with van der Waals surface area (Å²) < 4.78 is 1.59. The fraction of sp³-hybridized carbons (Fsp3) is 0.130. The van der Waals surface area contributed by atoms with Gasteiger partial charge in [0.25, 0.3) is 5.56 Å². The molecule has 0 spiro atoms. The first-order valence-corrected chi connectivity index (χ1v) is 11.0. The molecule has 6 nitrogen and oxygen atoms in total. The van der Waals surface area contributed by atoms with Gasteiger partial charge in [-0.25, -0.2) is 9.97 Å². The second kappa shape index (κ2) is 9.32. The molecule has 0 bridgehead atoms. The number of aryl methyl sites for hydroxylation is 1. The zero-order valence-corrected chi connectivity index (χ0v) is 18.3. The van der Waals surface area contributed by atoms with E-state index < -0.39 is 0 Å². The van der Waals surface area contributed by atoms with E-state index in [0.29, 0.717) is 33.4 Å². The maximum atomic E-state index is 13.1. The van der Waals surface area contributed by atoms with Crippen molar-refractivity contribution in [2.45, 2.75) is 18.6 Å². The summed E-state index contributed by atoms with van der Waals surface area (Å²) in [6.45, 7) is 2.25. The van der Waals surface area contributed by atoms with Crippen LogP contribution < -0.4 is 10.9 Å². The van der Waals surface area contributed by atoms with Crippen LogP contribution in [-0.4, -0.2) is 26.2 Å². The Labute approximate surface area is 188 Å². The third-order valence-electron chi connectivity index (χ3n) is 4.68. The number of carbonyl (C=O) groups is 1. The quantitative estimate of drug-likeness (QED) is 0.345. The van der Waals surface area contributed by atoms with Gasteiger partial charge in [0.15, 0.2) is 10.8 Å². The van der Waals surface area contributed by atoms with E-state index in [4.69, 9.17) is 11.6 Å². The van der Waals surface area contributed by atoms with Crippen molar-refractivity contribution in [3.05, 3.63) is 93.4 Å². The van der Waals surface area contributed by atoms with Crippen LogP contribution in [0.5, 0.6) is 0 Å². The summed E-state index contributed by atoms with van der Waals surface area (Å²) >= 11 is 7.23. The number of hydrogen-bond acceptors (Lipinski definition) is 5. The van der Waals surface area contributed by atoms with Gasteiger partial charge in [-0.05, 0) is 42.3 Å². The molecule has 156 valence electrons. The summed E-state index contributed by atoms with van der Waals surface area (Å²) in [7, 11) is 0. The van der Waals surface area contributed by atoms with E-state index in [2.05, 4.69) is 15.3 Å². The predicted molar refractivity (Wildman–Crippen MR) is 125 cm³/mol. The average molecular weight is 451 g/mol. The Morgan fingerprint density at radius 2 is 1.94 bits per heavy atom. The van der Waals surface area contributed by atoms with Crippen molar-refractivity contribution < 1.29 is 4.79 Å². The normalized spacial score (nSPS) is 10.9. The molecule has 0 unspecified atom stereocenters. The van der Waals surface area contributed by atoms with Crippen molar-refractivity contribution in [1.29, 1.82) is 0 Å². The molecule has 0 saturated heterocycles. The number of hydrogen-bond donors (Lipinski definition) is 1. The first-order chi connectivity index (χ1) is 15.0. The summed E-state index contributed by atoms with van der Waals surface area (Å²) in [4.78, 5) is 34.5. The van der Waals surface area contributed by atoms with Gasteiger partial charge in [0, 0.05) is 16.9 Å². The first-order valence-electron chi connectivity index (χ1n) is 9.59. The summed E-state index contributed by atoms with van der Waals surface area (Å²) in [6, 6.07) is 18.4. The molecule has 0 aliphatic heterocycles. The van der Waals surface area contributed by atoms with E-state index in [1.165, 1.54) is 11.8 Å². The van der Waals surface area contributed by atoms with Gasteiger partial charge in [0.1, 0.15) is 0 Å². The van der Waals surface area contributed by atoms with Gasteiger partial charge >= 0.3 is 0 Å². The van der Waals surface area contributed by atoms with Crippen molar-refractivity contribution in [3.63, 3.8) is 0 Å². The fourth-order valence-corrected chi connectivity index (χ4v) is 4.06. The topological polar surface area (TPSA) is 76.9 Å². The van der Waals surface area contributed by atoms with Crippen molar-refractivity contribution >= 4 is 46.0 Å². The Kier molecular flexibility index (Phi) is 6.34. The second-order valence-corrected chi connectivity index (χ2v) is 8.32. The van der Waals surface area contributed by atoms with Gasteiger partial charge in [-0.15, -0.1) is 0 Å². The maximum Gasteiger partial charge on any atom is 0.263 e. The van der Waals surface area contributed by atoms with Crippen LogP contribution in [0.4, 0.5) is 5.69 Å². The number of pyridine rings is 1. The molecule has 1 N–H and O–H groups in total. The van der Waals surface area contributed by atoms with Crippen molar-refractivity contribution in [1.82, 2.24) is 14.5 Å². The lowest BCUT2D eigenvalue weighted by Crippen LogP contribution is -2.25. The Hall–Kier alpha value is -3.16. The highest BCUT2D eigenvalue weighted by molar-refractivity contribution is 7.99. The molecule has 0 atom stereocenters. The number of rotatable bonds is 6. The van der Waals surface area contributed by atoms with Crippen LogP contribution in [0, 0.1) is 6.92 Å². The standard InChI is InChI=1S/C23H19ClN4O2S/c1-15-9-10-17(24)12-19(15)26-20(29)14-31-23-27-21-18(8-5-11-25-21)22(30)28(23)13-16-6-3-2-4-7-16/h2-12H,13-14H2,1H3,(H,26,29). The van der Waals surface area contributed by atoms with Gasteiger partial charge < -0.3 is 5.32 Å². The molecule has 2 heterocycles. The van der Waals surface area contributed by atoms with Crippen molar-refractivity contribution in [3.8, 4) is 0 Å². The number of anilines is 1. The number of nitrogens with zero attached hydrogens (tertiary/aromatic N) is 3. The van der Waals surface area contributed by atoms with Crippen LogP contribution in [0.3, 0.4) is 0 Å². The molecule has 0 aliphatic carbocycles. The number of benzene rings is 2. The van der Waals surface area contributed by atoms with E-state index >= 15 is 0 Å². The predicted octanol–water partition coefficient (Wildman–Crippen LogP) is 4.53. The smallest absolute Gasteiger partial charge is 0.263 e. The first kappa shape index (κ1) is 21.1. The summed E-state index contributed by atoms with van der Waals surface area (Å²) in [5.74, 6) is -0.122. The van der Waals surface area contributed by atoms with Crippen LogP contribution in [-0.2, 0) is 11.3 Å². The number of aromatic nitrogens is 3. The van der Waals surface area contributed by atoms with Gasteiger partial charge in [-0.1, -0.05) is 59.8 Å². The minimum Gasteiger partial charge on any atom is -0.325 e. The zero-order chi connectivity index (χ0) is 21.8. The Morgan fingerprint density at radius 3 is 2.74 bits per heavy atom. The fourth-order valence-electron chi connectivity index (χ4n) is 3.10. The monoisotopic (exact) mass is 450 g/mol. The highest BCUT2D eigenvalue weighted by atomic mass is 35.5. The van der Waals surface area contributed by atoms with Gasteiger partial charge in [-0.3, -0.25) is 14.2 Å². The molecule has 2 aromatic carbocycles. The lowest BCUT2D eigenvalue weighted by molar-refractivity contribution is -0.113.